The maximum atomic E-state index is 11.1. The molecule has 0 heterocycles. The van der Waals surface area contributed by atoms with Crippen molar-refractivity contribution in [1.82, 2.24) is 0 Å². The summed E-state index contributed by atoms with van der Waals surface area (Å²) < 4.78 is 12.0. The Balaban J connectivity index is 0. The SMILES string of the molecule is CC(C)(C)N.C[CH](C)[Ti](=[O])[CH](C)C. The van der Waals surface area contributed by atoms with Crippen molar-refractivity contribution in [2.45, 2.75) is 62.5 Å². The molecule has 0 saturated heterocycles. The number of hydrogen-bond acceptors (Lipinski definition) is 2. The van der Waals surface area contributed by atoms with E-state index in [1.54, 1.807) is 0 Å². The summed E-state index contributed by atoms with van der Waals surface area (Å²) in [5.74, 6) is 0. The van der Waals surface area contributed by atoms with Crippen molar-refractivity contribution in [2.75, 3.05) is 0 Å². The molecule has 0 aliphatic carbocycles. The second-order valence-corrected chi connectivity index (χ2v) is 9.94. The molecular formula is C10H25NOTi. The molecule has 80 valence electrons. The van der Waals surface area contributed by atoms with Crippen LogP contribution in [0, 0.1) is 0 Å². The summed E-state index contributed by atoms with van der Waals surface area (Å²) >= 11 is -1.84. The fourth-order valence-corrected chi connectivity index (χ4v) is 2.75. The topological polar surface area (TPSA) is 43.1 Å². The minimum atomic E-state index is -1.84. The van der Waals surface area contributed by atoms with Crippen molar-refractivity contribution in [2.24, 2.45) is 5.73 Å². The predicted molar refractivity (Wildman–Crippen MR) is 54.8 cm³/mol. The number of rotatable bonds is 2. The van der Waals surface area contributed by atoms with Gasteiger partial charge >= 0.3 is 57.3 Å². The van der Waals surface area contributed by atoms with E-state index in [4.69, 9.17) is 5.73 Å². The van der Waals surface area contributed by atoms with Gasteiger partial charge in [-0.3, -0.25) is 0 Å². The van der Waals surface area contributed by atoms with Crippen molar-refractivity contribution in [3.8, 4) is 0 Å². The Hall–Kier alpha value is 0.474. The molecule has 0 aromatic rings. The fraction of sp³-hybridized carbons (Fsp3) is 1.00. The van der Waals surface area contributed by atoms with Gasteiger partial charge in [-0.2, -0.15) is 0 Å². The predicted octanol–water partition coefficient (Wildman–Crippen LogP) is 3.35. The van der Waals surface area contributed by atoms with Crippen LogP contribution in [0.5, 0.6) is 0 Å². The molecule has 0 amide bonds. The quantitative estimate of drug-likeness (QED) is 0.729. The summed E-state index contributed by atoms with van der Waals surface area (Å²) in [6, 6.07) is 0. The average Bonchev–Trinajstić information content (AvgIpc) is 1.81. The zero-order valence-electron chi connectivity index (χ0n) is 10.1. The van der Waals surface area contributed by atoms with Gasteiger partial charge < -0.3 is 5.73 Å². The molecule has 0 bridgehead atoms. The van der Waals surface area contributed by atoms with Crippen molar-refractivity contribution < 1.29 is 21.2 Å². The first-order valence-electron chi connectivity index (χ1n) is 4.88. The Bertz CT molecular complexity index is 131. The first-order valence-corrected chi connectivity index (χ1v) is 7.32. The van der Waals surface area contributed by atoms with Gasteiger partial charge in [-0.1, -0.05) is 0 Å². The number of nitrogens with two attached hydrogens (primary N) is 1. The summed E-state index contributed by atoms with van der Waals surface area (Å²) in [7, 11) is 0. The molecule has 0 unspecified atom stereocenters. The monoisotopic (exact) mass is 223 g/mol. The van der Waals surface area contributed by atoms with Crippen LogP contribution < -0.4 is 5.73 Å². The fourth-order valence-electron chi connectivity index (χ4n) is 0.667. The van der Waals surface area contributed by atoms with Crippen molar-refractivity contribution in [1.29, 1.82) is 0 Å². The van der Waals surface area contributed by atoms with Crippen LogP contribution in [-0.2, 0) is 21.2 Å². The first-order chi connectivity index (χ1) is 5.55. The van der Waals surface area contributed by atoms with Gasteiger partial charge in [0.2, 0.25) is 0 Å². The zero-order valence-corrected chi connectivity index (χ0v) is 11.7. The summed E-state index contributed by atoms with van der Waals surface area (Å²) in [6.45, 7) is 14.1. The van der Waals surface area contributed by atoms with Crippen LogP contribution in [0.15, 0.2) is 0 Å². The van der Waals surface area contributed by atoms with Gasteiger partial charge in [0.1, 0.15) is 0 Å². The van der Waals surface area contributed by atoms with Gasteiger partial charge in [0.05, 0.1) is 0 Å². The molecule has 0 radical (unpaired) electrons. The van der Waals surface area contributed by atoms with E-state index in [-0.39, 0.29) is 5.54 Å². The molecule has 3 heteroatoms. The summed E-state index contributed by atoms with van der Waals surface area (Å²) in [6.07, 6.45) is 0. The third-order valence-corrected chi connectivity index (χ3v) is 4.69. The van der Waals surface area contributed by atoms with Crippen LogP contribution in [0.2, 0.25) is 8.45 Å². The van der Waals surface area contributed by atoms with Crippen LogP contribution in [0.25, 0.3) is 0 Å². The molecule has 0 fully saturated rings. The molecule has 0 rings (SSSR count). The van der Waals surface area contributed by atoms with Gasteiger partial charge in [0.25, 0.3) is 0 Å². The molecule has 0 spiro atoms. The van der Waals surface area contributed by atoms with E-state index in [1.165, 1.54) is 0 Å². The minimum absolute atomic E-state index is 0. The normalized spacial score (nSPS) is 11.2. The van der Waals surface area contributed by atoms with E-state index in [9.17, 15) is 3.32 Å². The molecule has 0 aliphatic heterocycles. The molecule has 0 saturated carbocycles. The van der Waals surface area contributed by atoms with Crippen molar-refractivity contribution >= 4 is 0 Å². The molecule has 0 atom stereocenters. The van der Waals surface area contributed by atoms with Crippen molar-refractivity contribution in [3.63, 3.8) is 0 Å². The van der Waals surface area contributed by atoms with Crippen LogP contribution >= 0.6 is 0 Å². The van der Waals surface area contributed by atoms with E-state index < -0.39 is 17.8 Å². The molecule has 2 nitrogen and oxygen atoms in total. The third kappa shape index (κ3) is 19.1. The van der Waals surface area contributed by atoms with E-state index in [0.29, 0.717) is 8.45 Å². The summed E-state index contributed by atoms with van der Waals surface area (Å²) in [4.78, 5) is 0. The van der Waals surface area contributed by atoms with Crippen LogP contribution in [-0.4, -0.2) is 5.54 Å². The van der Waals surface area contributed by atoms with E-state index in [1.807, 2.05) is 48.5 Å². The molecule has 0 aromatic heterocycles. The van der Waals surface area contributed by atoms with Crippen LogP contribution in [0.1, 0.15) is 48.5 Å². The first kappa shape index (κ1) is 15.9. The Morgan fingerprint density at radius 1 is 1.00 bits per heavy atom. The molecular weight excluding hydrogens is 198 g/mol. The third-order valence-electron chi connectivity index (χ3n) is 1.14. The number of hydrogen-bond donors (Lipinski definition) is 1. The Morgan fingerprint density at radius 3 is 1.15 bits per heavy atom. The van der Waals surface area contributed by atoms with Gasteiger partial charge in [0, 0.05) is 5.54 Å². The second kappa shape index (κ2) is 6.86. The Labute approximate surface area is 89.4 Å². The van der Waals surface area contributed by atoms with Gasteiger partial charge in [-0.05, 0) is 20.8 Å². The summed E-state index contributed by atoms with van der Waals surface area (Å²) in [5.41, 5.74) is 5.35. The molecule has 13 heavy (non-hydrogen) atoms. The molecule has 2 N–H and O–H groups in total. The van der Waals surface area contributed by atoms with Crippen LogP contribution in [0.3, 0.4) is 0 Å². The van der Waals surface area contributed by atoms with E-state index in [2.05, 4.69) is 0 Å². The van der Waals surface area contributed by atoms with Gasteiger partial charge in [0.15, 0.2) is 0 Å². The Morgan fingerprint density at radius 2 is 1.15 bits per heavy atom. The molecule has 0 aromatic carbocycles. The van der Waals surface area contributed by atoms with E-state index in [0.717, 1.165) is 0 Å². The standard InChI is InChI=1S/C4H11N.2C3H7.O.Ti/c1-4(2,3)5;2*1-3-2;;/h5H2,1-3H3;2*3H,1-2H3;;. The van der Waals surface area contributed by atoms with Crippen molar-refractivity contribution in [3.05, 3.63) is 0 Å². The average molecular weight is 223 g/mol. The Kier molecular flexibility index (Phi) is 8.40. The summed E-state index contributed by atoms with van der Waals surface area (Å²) in [5, 5.41) is 0. The van der Waals surface area contributed by atoms with Gasteiger partial charge in [-0.15, -0.1) is 0 Å². The zero-order chi connectivity index (χ0) is 11.2. The van der Waals surface area contributed by atoms with Crippen LogP contribution in [0.4, 0.5) is 0 Å². The van der Waals surface area contributed by atoms with E-state index >= 15 is 0 Å². The van der Waals surface area contributed by atoms with Gasteiger partial charge in [-0.25, -0.2) is 0 Å². The maximum absolute atomic E-state index is 11.1. The second-order valence-electron chi connectivity index (χ2n) is 5.08. The molecule has 0 aliphatic rings.